The molecule has 1 aliphatic rings. The Bertz CT molecular complexity index is 405. The number of nitrogens with zero attached hydrogens (tertiary/aromatic N) is 1. The maximum atomic E-state index is 5.89. The molecule has 1 aromatic rings. The molecule has 3 nitrogen and oxygen atoms in total. The average molecular weight is 250 g/mol. The Kier molecular flexibility index (Phi) is 3.35. The van der Waals surface area contributed by atoms with E-state index in [0.717, 1.165) is 10.7 Å². The van der Waals surface area contributed by atoms with Gasteiger partial charge in [-0.05, 0) is 26.1 Å². The molecular formula is C13H18N2OS. The van der Waals surface area contributed by atoms with Gasteiger partial charge in [0.1, 0.15) is 0 Å². The van der Waals surface area contributed by atoms with Crippen molar-refractivity contribution in [2.24, 2.45) is 0 Å². The third-order valence-electron chi connectivity index (χ3n) is 3.00. The molecule has 1 aromatic carbocycles. The summed E-state index contributed by atoms with van der Waals surface area (Å²) < 4.78 is 5.89. The van der Waals surface area contributed by atoms with Crippen molar-refractivity contribution in [3.05, 3.63) is 35.9 Å². The van der Waals surface area contributed by atoms with E-state index in [2.05, 4.69) is 36.2 Å². The number of hydrogen-bond acceptors (Lipinski definition) is 2. The number of benzene rings is 1. The van der Waals surface area contributed by atoms with Crippen molar-refractivity contribution in [1.29, 1.82) is 0 Å². The summed E-state index contributed by atoms with van der Waals surface area (Å²) in [6.45, 7) is 4.95. The third kappa shape index (κ3) is 2.28. The molecular weight excluding hydrogens is 232 g/mol. The topological polar surface area (TPSA) is 24.5 Å². The number of thiocarbonyl (C=S) groups is 1. The summed E-state index contributed by atoms with van der Waals surface area (Å²) in [6.07, 6.45) is -0.0915. The van der Waals surface area contributed by atoms with Crippen LogP contribution >= 0.6 is 12.2 Å². The zero-order chi connectivity index (χ0) is 12.5. The van der Waals surface area contributed by atoms with Crippen molar-refractivity contribution < 1.29 is 4.74 Å². The van der Waals surface area contributed by atoms with Crippen molar-refractivity contribution in [3.8, 4) is 0 Å². The molecule has 1 saturated heterocycles. The summed E-state index contributed by atoms with van der Waals surface area (Å²) in [5.74, 6) is 0. The van der Waals surface area contributed by atoms with Gasteiger partial charge in [0.05, 0.1) is 12.1 Å². The molecule has 92 valence electrons. The molecule has 1 atom stereocenters. The standard InChI is InChI=1S/C13H18N2OS/c1-13(2)9-16-11(15(13)12(17)14-3)10-7-5-4-6-8-10/h4-8,11H,9H2,1-3H3,(H,14,17). The first-order valence-electron chi connectivity index (χ1n) is 5.74. The lowest BCUT2D eigenvalue weighted by atomic mass is 10.1. The van der Waals surface area contributed by atoms with Crippen LogP contribution in [0.4, 0.5) is 0 Å². The molecule has 17 heavy (non-hydrogen) atoms. The van der Waals surface area contributed by atoms with Crippen molar-refractivity contribution in [2.75, 3.05) is 13.7 Å². The second-order valence-corrected chi connectivity index (χ2v) is 5.20. The summed E-state index contributed by atoms with van der Waals surface area (Å²) in [5, 5.41) is 3.76. The molecule has 0 bridgehead atoms. The van der Waals surface area contributed by atoms with Crippen molar-refractivity contribution >= 4 is 17.3 Å². The van der Waals surface area contributed by atoms with E-state index in [9.17, 15) is 0 Å². The van der Waals surface area contributed by atoms with Crippen LogP contribution in [0.5, 0.6) is 0 Å². The molecule has 0 radical (unpaired) electrons. The minimum Gasteiger partial charge on any atom is -0.366 e. The Morgan fingerprint density at radius 3 is 2.65 bits per heavy atom. The second-order valence-electron chi connectivity index (χ2n) is 4.81. The Hall–Kier alpha value is -1.13. The fourth-order valence-corrected chi connectivity index (χ4v) is 2.45. The molecule has 1 unspecified atom stereocenters. The van der Waals surface area contributed by atoms with E-state index in [1.54, 1.807) is 0 Å². The number of rotatable bonds is 1. The van der Waals surface area contributed by atoms with Crippen molar-refractivity contribution in [3.63, 3.8) is 0 Å². The van der Waals surface area contributed by atoms with E-state index in [0.29, 0.717) is 6.61 Å². The molecule has 4 heteroatoms. The lowest BCUT2D eigenvalue weighted by Crippen LogP contribution is -2.48. The Morgan fingerprint density at radius 2 is 2.06 bits per heavy atom. The van der Waals surface area contributed by atoms with Crippen LogP contribution in [0.25, 0.3) is 0 Å². The molecule has 1 N–H and O–H groups in total. The molecule has 0 amide bonds. The van der Waals surface area contributed by atoms with Gasteiger partial charge in [0.15, 0.2) is 11.3 Å². The highest BCUT2D eigenvalue weighted by atomic mass is 32.1. The first-order valence-corrected chi connectivity index (χ1v) is 6.15. The SMILES string of the molecule is CNC(=S)N1C(c2ccccc2)OCC1(C)C. The minimum absolute atomic E-state index is 0.0827. The molecule has 0 saturated carbocycles. The summed E-state index contributed by atoms with van der Waals surface area (Å²) in [6, 6.07) is 10.2. The van der Waals surface area contributed by atoms with E-state index >= 15 is 0 Å². The number of hydrogen-bond donors (Lipinski definition) is 1. The van der Waals surface area contributed by atoms with Gasteiger partial charge in [-0.15, -0.1) is 0 Å². The summed E-state index contributed by atoms with van der Waals surface area (Å²) in [4.78, 5) is 2.12. The normalized spacial score (nSPS) is 22.5. The minimum atomic E-state index is -0.0915. The monoisotopic (exact) mass is 250 g/mol. The van der Waals surface area contributed by atoms with Gasteiger partial charge < -0.3 is 15.0 Å². The first-order chi connectivity index (χ1) is 8.06. The fourth-order valence-electron chi connectivity index (χ4n) is 2.11. The largest absolute Gasteiger partial charge is 0.366 e. The number of nitrogens with one attached hydrogen (secondary N) is 1. The summed E-state index contributed by atoms with van der Waals surface area (Å²) >= 11 is 5.38. The highest BCUT2D eigenvalue weighted by Gasteiger charge is 2.42. The third-order valence-corrected chi connectivity index (χ3v) is 3.40. The average Bonchev–Trinajstić information content (AvgIpc) is 2.65. The molecule has 1 fully saturated rings. The predicted molar refractivity (Wildman–Crippen MR) is 72.7 cm³/mol. The van der Waals surface area contributed by atoms with Crippen LogP contribution < -0.4 is 5.32 Å². The Balaban J connectivity index is 2.32. The zero-order valence-corrected chi connectivity index (χ0v) is 11.3. The first kappa shape index (κ1) is 12.3. The molecule has 0 aromatic heterocycles. The van der Waals surface area contributed by atoms with Gasteiger partial charge in [0.2, 0.25) is 0 Å². The molecule has 2 rings (SSSR count). The van der Waals surface area contributed by atoms with Gasteiger partial charge in [-0.1, -0.05) is 30.3 Å². The van der Waals surface area contributed by atoms with Crippen LogP contribution in [0.1, 0.15) is 25.6 Å². The maximum Gasteiger partial charge on any atom is 0.171 e. The molecule has 0 spiro atoms. The van der Waals surface area contributed by atoms with Gasteiger partial charge >= 0.3 is 0 Å². The lowest BCUT2D eigenvalue weighted by molar-refractivity contribution is 0.0618. The molecule has 0 aliphatic carbocycles. The van der Waals surface area contributed by atoms with E-state index in [1.807, 2.05) is 25.2 Å². The van der Waals surface area contributed by atoms with Crippen LogP contribution in [-0.2, 0) is 4.74 Å². The second kappa shape index (κ2) is 4.63. The maximum absolute atomic E-state index is 5.89. The van der Waals surface area contributed by atoms with E-state index < -0.39 is 0 Å². The van der Waals surface area contributed by atoms with E-state index in [4.69, 9.17) is 17.0 Å². The van der Waals surface area contributed by atoms with Crippen molar-refractivity contribution in [2.45, 2.75) is 25.6 Å². The van der Waals surface area contributed by atoms with Crippen molar-refractivity contribution in [1.82, 2.24) is 10.2 Å². The van der Waals surface area contributed by atoms with Crippen LogP contribution in [0.2, 0.25) is 0 Å². The van der Waals surface area contributed by atoms with Crippen LogP contribution in [0.15, 0.2) is 30.3 Å². The predicted octanol–water partition coefficient (Wildman–Crippen LogP) is 2.30. The summed E-state index contributed by atoms with van der Waals surface area (Å²) in [7, 11) is 1.85. The molecule has 1 aliphatic heterocycles. The lowest BCUT2D eigenvalue weighted by Gasteiger charge is -2.35. The fraction of sp³-hybridized carbons (Fsp3) is 0.462. The van der Waals surface area contributed by atoms with Crippen LogP contribution in [0, 0.1) is 0 Å². The highest BCUT2D eigenvalue weighted by Crippen LogP contribution is 2.36. The Morgan fingerprint density at radius 1 is 1.41 bits per heavy atom. The zero-order valence-electron chi connectivity index (χ0n) is 10.4. The van der Waals surface area contributed by atoms with Gasteiger partial charge in [-0.2, -0.15) is 0 Å². The van der Waals surface area contributed by atoms with Crippen LogP contribution in [0.3, 0.4) is 0 Å². The molecule has 1 heterocycles. The number of ether oxygens (including phenoxy) is 1. The van der Waals surface area contributed by atoms with E-state index in [1.165, 1.54) is 0 Å². The van der Waals surface area contributed by atoms with Gasteiger partial charge in [0.25, 0.3) is 0 Å². The summed E-state index contributed by atoms with van der Waals surface area (Å²) in [5.41, 5.74) is 1.05. The van der Waals surface area contributed by atoms with Gasteiger partial charge in [-0.25, -0.2) is 0 Å². The van der Waals surface area contributed by atoms with Gasteiger partial charge in [0, 0.05) is 12.6 Å². The van der Waals surface area contributed by atoms with Gasteiger partial charge in [-0.3, -0.25) is 0 Å². The van der Waals surface area contributed by atoms with Crippen LogP contribution in [-0.4, -0.2) is 29.2 Å². The van der Waals surface area contributed by atoms with E-state index in [-0.39, 0.29) is 11.8 Å². The highest BCUT2D eigenvalue weighted by molar-refractivity contribution is 7.80. The smallest absolute Gasteiger partial charge is 0.171 e. The quantitative estimate of drug-likeness (QED) is 0.773. The Labute approximate surface area is 108 Å².